The maximum absolute atomic E-state index is 13.8. The second kappa shape index (κ2) is 8.22. The van der Waals surface area contributed by atoms with Gasteiger partial charge in [0.1, 0.15) is 6.04 Å². The fourth-order valence-electron chi connectivity index (χ4n) is 5.29. The molecular formula is C26H18Cl2N4O3. The number of amides is 3. The van der Waals surface area contributed by atoms with Crippen molar-refractivity contribution in [1.82, 2.24) is 5.01 Å². The minimum Gasteiger partial charge on any atom is -0.324 e. The van der Waals surface area contributed by atoms with Crippen molar-refractivity contribution in [3.63, 3.8) is 0 Å². The summed E-state index contributed by atoms with van der Waals surface area (Å²) in [6.07, 6.45) is 1.67. The standard InChI is InChI=1S/C26H18Cl2N4O3/c27-15-8-10-17(11-9-15)30-24(33)23-21-20(22-19-7-2-1-4-14(19)13-29-32(22)23)25(34)31(26(21)35)18-6-3-5-16(28)12-18/h1-13,20-23H,(H,30,33). The monoisotopic (exact) mass is 504 g/mol. The number of hydrogen-bond donors (Lipinski definition) is 1. The second-order valence-corrected chi connectivity index (χ2v) is 9.56. The zero-order valence-electron chi connectivity index (χ0n) is 18.1. The van der Waals surface area contributed by atoms with Crippen LogP contribution in [0.3, 0.4) is 0 Å². The average Bonchev–Trinajstić information content (AvgIpc) is 3.33. The summed E-state index contributed by atoms with van der Waals surface area (Å²) < 4.78 is 0. The molecule has 6 rings (SSSR count). The van der Waals surface area contributed by atoms with Crippen molar-refractivity contribution in [3.8, 4) is 0 Å². The Balaban J connectivity index is 1.44. The van der Waals surface area contributed by atoms with Gasteiger partial charge in [-0.1, -0.05) is 53.5 Å². The Morgan fingerprint density at radius 2 is 1.60 bits per heavy atom. The van der Waals surface area contributed by atoms with Crippen molar-refractivity contribution in [1.29, 1.82) is 0 Å². The van der Waals surface area contributed by atoms with Crippen molar-refractivity contribution >= 4 is 58.5 Å². The summed E-state index contributed by atoms with van der Waals surface area (Å²) in [5.41, 5.74) is 2.63. The van der Waals surface area contributed by atoms with E-state index >= 15 is 0 Å². The number of halogens is 2. The Bertz CT molecular complexity index is 1410. The smallest absolute Gasteiger partial charge is 0.249 e. The number of hydrazone groups is 1. The van der Waals surface area contributed by atoms with E-state index in [1.54, 1.807) is 59.8 Å². The van der Waals surface area contributed by atoms with Crippen LogP contribution >= 0.6 is 23.2 Å². The molecule has 9 heteroatoms. The normalized spacial score (nSPS) is 24.3. The summed E-state index contributed by atoms with van der Waals surface area (Å²) in [7, 11) is 0. The molecule has 4 unspecified atom stereocenters. The van der Waals surface area contributed by atoms with Crippen molar-refractivity contribution < 1.29 is 14.4 Å². The molecule has 7 nitrogen and oxygen atoms in total. The third-order valence-electron chi connectivity index (χ3n) is 6.74. The first kappa shape index (κ1) is 21.8. The minimum atomic E-state index is -0.981. The van der Waals surface area contributed by atoms with Crippen LogP contribution < -0.4 is 10.2 Å². The van der Waals surface area contributed by atoms with Gasteiger partial charge in [-0.2, -0.15) is 5.10 Å². The molecule has 35 heavy (non-hydrogen) atoms. The fourth-order valence-corrected chi connectivity index (χ4v) is 5.60. The molecule has 3 aromatic carbocycles. The number of carbonyl (C=O) groups excluding carboxylic acids is 3. The van der Waals surface area contributed by atoms with Gasteiger partial charge in [0.2, 0.25) is 17.7 Å². The quantitative estimate of drug-likeness (QED) is 0.532. The Labute approximate surface area is 210 Å². The van der Waals surface area contributed by atoms with Crippen LogP contribution in [0.25, 0.3) is 0 Å². The SMILES string of the molecule is O=C(Nc1ccc(Cl)cc1)C1C2C(=O)N(c3cccc(Cl)c3)C(=O)C2C2c3ccccc3C=NN12. The molecule has 0 spiro atoms. The lowest BCUT2D eigenvalue weighted by Gasteiger charge is -2.33. The lowest BCUT2D eigenvalue weighted by molar-refractivity contribution is -0.129. The predicted octanol–water partition coefficient (Wildman–Crippen LogP) is 4.51. The Morgan fingerprint density at radius 3 is 2.37 bits per heavy atom. The molecule has 0 saturated carbocycles. The van der Waals surface area contributed by atoms with Crippen LogP contribution in [-0.4, -0.2) is 35.0 Å². The summed E-state index contributed by atoms with van der Waals surface area (Å²) in [6, 6.07) is 19.3. The van der Waals surface area contributed by atoms with E-state index in [9.17, 15) is 14.4 Å². The summed E-state index contributed by atoms with van der Waals surface area (Å²) in [6.45, 7) is 0. The molecule has 2 saturated heterocycles. The van der Waals surface area contributed by atoms with Crippen LogP contribution in [0.5, 0.6) is 0 Å². The molecule has 0 aliphatic carbocycles. The Morgan fingerprint density at radius 1 is 0.857 bits per heavy atom. The molecule has 4 atom stereocenters. The molecule has 3 aromatic rings. The molecule has 174 valence electrons. The molecule has 0 radical (unpaired) electrons. The Kier molecular flexibility index (Phi) is 5.12. The fraction of sp³-hybridized carbons (Fsp3) is 0.154. The van der Waals surface area contributed by atoms with Gasteiger partial charge in [0.25, 0.3) is 0 Å². The van der Waals surface area contributed by atoms with Gasteiger partial charge in [-0.25, -0.2) is 4.90 Å². The zero-order valence-corrected chi connectivity index (χ0v) is 19.6. The number of hydrogen-bond acceptors (Lipinski definition) is 5. The number of benzene rings is 3. The van der Waals surface area contributed by atoms with E-state index in [0.717, 1.165) is 16.0 Å². The largest absolute Gasteiger partial charge is 0.324 e. The summed E-state index contributed by atoms with van der Waals surface area (Å²) in [5.74, 6) is -2.93. The third kappa shape index (κ3) is 3.42. The van der Waals surface area contributed by atoms with E-state index in [4.69, 9.17) is 23.2 Å². The van der Waals surface area contributed by atoms with Gasteiger partial charge in [0.15, 0.2) is 0 Å². The zero-order chi connectivity index (χ0) is 24.3. The first-order chi connectivity index (χ1) is 16.9. The molecule has 3 heterocycles. The van der Waals surface area contributed by atoms with Gasteiger partial charge in [0.05, 0.1) is 29.8 Å². The van der Waals surface area contributed by atoms with Gasteiger partial charge >= 0.3 is 0 Å². The van der Waals surface area contributed by atoms with Gasteiger partial charge < -0.3 is 5.32 Å². The average molecular weight is 505 g/mol. The number of imide groups is 1. The summed E-state index contributed by atoms with van der Waals surface area (Å²) >= 11 is 12.1. The van der Waals surface area contributed by atoms with Crippen LogP contribution in [0.15, 0.2) is 77.9 Å². The number of nitrogens with one attached hydrogen (secondary N) is 1. The van der Waals surface area contributed by atoms with E-state index in [-0.39, 0.29) is 5.91 Å². The molecule has 0 bridgehead atoms. The van der Waals surface area contributed by atoms with Crippen molar-refractivity contribution in [3.05, 3.63) is 94.0 Å². The molecule has 3 aliphatic heterocycles. The number of anilines is 2. The van der Waals surface area contributed by atoms with E-state index < -0.39 is 35.7 Å². The number of nitrogens with zero attached hydrogens (tertiary/aromatic N) is 3. The second-order valence-electron chi connectivity index (χ2n) is 8.68. The van der Waals surface area contributed by atoms with Crippen LogP contribution in [0, 0.1) is 11.8 Å². The highest BCUT2D eigenvalue weighted by molar-refractivity contribution is 6.31. The van der Waals surface area contributed by atoms with Crippen LogP contribution in [-0.2, 0) is 14.4 Å². The highest BCUT2D eigenvalue weighted by atomic mass is 35.5. The highest BCUT2D eigenvalue weighted by Crippen LogP contribution is 2.52. The first-order valence-corrected chi connectivity index (χ1v) is 11.8. The van der Waals surface area contributed by atoms with Gasteiger partial charge in [-0.05, 0) is 53.6 Å². The van der Waals surface area contributed by atoms with Gasteiger partial charge in [-0.3, -0.25) is 19.4 Å². The van der Waals surface area contributed by atoms with E-state index in [1.165, 1.54) is 0 Å². The summed E-state index contributed by atoms with van der Waals surface area (Å²) in [4.78, 5) is 42.3. The molecule has 1 N–H and O–H groups in total. The topological polar surface area (TPSA) is 82.1 Å². The maximum atomic E-state index is 13.8. The molecule has 0 aromatic heterocycles. The molecule has 3 amide bonds. The van der Waals surface area contributed by atoms with Crippen molar-refractivity contribution in [2.45, 2.75) is 12.1 Å². The number of carbonyl (C=O) groups is 3. The first-order valence-electron chi connectivity index (χ1n) is 11.0. The third-order valence-corrected chi connectivity index (χ3v) is 7.23. The molecule has 3 aliphatic rings. The number of fused-ring (bicyclic) bond motifs is 5. The van der Waals surface area contributed by atoms with Crippen molar-refractivity contribution in [2.75, 3.05) is 10.2 Å². The Hall–Kier alpha value is -3.68. The lowest BCUT2D eigenvalue weighted by atomic mass is 9.85. The number of rotatable bonds is 3. The highest BCUT2D eigenvalue weighted by Gasteiger charge is 2.65. The lowest BCUT2D eigenvalue weighted by Crippen LogP contribution is -2.46. The maximum Gasteiger partial charge on any atom is 0.249 e. The van der Waals surface area contributed by atoms with E-state index in [2.05, 4.69) is 10.4 Å². The minimum absolute atomic E-state index is 0.369. The molecular weight excluding hydrogens is 487 g/mol. The van der Waals surface area contributed by atoms with Crippen molar-refractivity contribution in [2.24, 2.45) is 16.9 Å². The predicted molar refractivity (Wildman–Crippen MR) is 133 cm³/mol. The van der Waals surface area contributed by atoms with E-state index in [1.807, 2.05) is 24.3 Å². The van der Waals surface area contributed by atoms with Crippen LogP contribution in [0.2, 0.25) is 10.0 Å². The van der Waals surface area contributed by atoms with Crippen LogP contribution in [0.1, 0.15) is 17.2 Å². The van der Waals surface area contributed by atoms with Gasteiger partial charge in [0, 0.05) is 15.7 Å². The van der Waals surface area contributed by atoms with Gasteiger partial charge in [-0.15, -0.1) is 0 Å². The van der Waals surface area contributed by atoms with E-state index in [0.29, 0.717) is 21.4 Å². The summed E-state index contributed by atoms with van der Waals surface area (Å²) in [5, 5.41) is 9.95. The van der Waals surface area contributed by atoms with Crippen LogP contribution in [0.4, 0.5) is 11.4 Å². The molecule has 2 fully saturated rings.